The van der Waals surface area contributed by atoms with Crippen molar-refractivity contribution in [2.75, 3.05) is 0 Å². The summed E-state index contributed by atoms with van der Waals surface area (Å²) >= 11 is 3.16. The lowest BCUT2D eigenvalue weighted by Crippen LogP contribution is -2.16. The van der Waals surface area contributed by atoms with Crippen LogP contribution in [-0.2, 0) is 18.6 Å². The van der Waals surface area contributed by atoms with Crippen LogP contribution >= 0.6 is 23.1 Å². The molecule has 0 spiro atoms. The van der Waals surface area contributed by atoms with Crippen molar-refractivity contribution in [3.63, 3.8) is 0 Å². The molecule has 0 bridgehead atoms. The lowest BCUT2D eigenvalue weighted by molar-refractivity contribution is 0.509. The fourth-order valence-electron chi connectivity index (χ4n) is 3.85. The van der Waals surface area contributed by atoms with Gasteiger partial charge in [0.25, 0.3) is 5.56 Å². The van der Waals surface area contributed by atoms with Gasteiger partial charge in [-0.1, -0.05) is 31.5 Å². The molecular weight excluding hydrogens is 352 g/mol. The first-order chi connectivity index (χ1) is 12.1. The van der Waals surface area contributed by atoms with Crippen molar-refractivity contribution in [2.24, 2.45) is 16.6 Å². The predicted octanol–water partition coefficient (Wildman–Crippen LogP) is 3.60. The van der Waals surface area contributed by atoms with E-state index in [0.29, 0.717) is 28.7 Å². The van der Waals surface area contributed by atoms with E-state index in [1.165, 1.54) is 35.0 Å². The number of rotatable bonds is 3. The molecule has 134 valence electrons. The van der Waals surface area contributed by atoms with Crippen molar-refractivity contribution >= 4 is 38.5 Å². The summed E-state index contributed by atoms with van der Waals surface area (Å²) in [6.07, 6.45) is 8.00. The molecule has 5 nitrogen and oxygen atoms in total. The summed E-state index contributed by atoms with van der Waals surface area (Å²) in [5, 5.41) is 1.42. The second kappa shape index (κ2) is 7.11. The number of aliphatic imine (C=N–C) groups is 1. The molecule has 4 rings (SSSR count). The van der Waals surface area contributed by atoms with Gasteiger partial charge in [0.15, 0.2) is 5.17 Å². The third kappa shape index (κ3) is 3.62. The molecule has 1 saturated carbocycles. The third-order valence-corrected chi connectivity index (χ3v) is 7.17. The highest BCUT2D eigenvalue weighted by molar-refractivity contribution is 8.13. The molecule has 2 aliphatic rings. The van der Waals surface area contributed by atoms with E-state index in [2.05, 4.69) is 16.9 Å². The fraction of sp³-hybridized carbons (Fsp3) is 0.611. The SMILES string of the molecule is C[C@H]1CCc2c(sc3nc(CSC(N)=NC4CCCC4)[nH]c(=O)c23)C1. The Bertz CT molecular complexity index is 864. The molecule has 0 saturated heterocycles. The number of hydrogen-bond donors (Lipinski definition) is 2. The smallest absolute Gasteiger partial charge is 0.259 e. The maximum atomic E-state index is 12.6. The van der Waals surface area contributed by atoms with Gasteiger partial charge in [-0.05, 0) is 43.6 Å². The van der Waals surface area contributed by atoms with Crippen molar-refractivity contribution in [1.29, 1.82) is 0 Å². The maximum absolute atomic E-state index is 12.6. The van der Waals surface area contributed by atoms with Crippen LogP contribution in [-0.4, -0.2) is 21.2 Å². The molecule has 2 aliphatic carbocycles. The van der Waals surface area contributed by atoms with Crippen molar-refractivity contribution in [3.8, 4) is 0 Å². The molecule has 0 aliphatic heterocycles. The summed E-state index contributed by atoms with van der Waals surface area (Å²) in [6, 6.07) is 0.382. The molecule has 0 aromatic carbocycles. The Morgan fingerprint density at radius 1 is 1.40 bits per heavy atom. The molecule has 2 heterocycles. The highest BCUT2D eigenvalue weighted by atomic mass is 32.2. The zero-order valence-electron chi connectivity index (χ0n) is 14.5. The minimum absolute atomic E-state index is 0.000967. The van der Waals surface area contributed by atoms with E-state index in [4.69, 9.17) is 10.7 Å². The van der Waals surface area contributed by atoms with Gasteiger partial charge in [-0.3, -0.25) is 9.79 Å². The largest absolute Gasteiger partial charge is 0.379 e. The fourth-order valence-corrected chi connectivity index (χ4v) is 5.90. The van der Waals surface area contributed by atoms with Crippen LogP contribution in [0.15, 0.2) is 9.79 Å². The molecule has 0 radical (unpaired) electrons. The normalized spacial score (nSPS) is 21.8. The van der Waals surface area contributed by atoms with E-state index >= 15 is 0 Å². The summed E-state index contributed by atoms with van der Waals surface area (Å²) in [5.41, 5.74) is 7.27. The molecule has 3 N–H and O–H groups in total. The molecule has 2 aromatic rings. The van der Waals surface area contributed by atoms with Gasteiger partial charge in [0.05, 0.1) is 17.2 Å². The minimum Gasteiger partial charge on any atom is -0.379 e. The summed E-state index contributed by atoms with van der Waals surface area (Å²) in [7, 11) is 0. The first-order valence-electron chi connectivity index (χ1n) is 9.09. The van der Waals surface area contributed by atoms with E-state index in [1.807, 2.05) is 0 Å². The molecule has 1 atom stereocenters. The summed E-state index contributed by atoms with van der Waals surface area (Å²) < 4.78 is 0. The van der Waals surface area contributed by atoms with Crippen LogP contribution in [0.3, 0.4) is 0 Å². The van der Waals surface area contributed by atoms with E-state index in [9.17, 15) is 4.79 Å². The Balaban J connectivity index is 1.54. The number of thioether (sulfide) groups is 1. The van der Waals surface area contributed by atoms with Gasteiger partial charge in [0, 0.05) is 4.88 Å². The summed E-state index contributed by atoms with van der Waals surface area (Å²) in [6.45, 7) is 2.28. The van der Waals surface area contributed by atoms with Gasteiger partial charge in [-0.2, -0.15) is 0 Å². The minimum atomic E-state index is -0.000967. The summed E-state index contributed by atoms with van der Waals surface area (Å²) in [4.78, 5) is 27.0. The van der Waals surface area contributed by atoms with Crippen LogP contribution in [0.5, 0.6) is 0 Å². The number of nitrogens with two attached hydrogens (primary N) is 1. The van der Waals surface area contributed by atoms with Crippen LogP contribution in [0.25, 0.3) is 10.2 Å². The zero-order valence-corrected chi connectivity index (χ0v) is 16.1. The van der Waals surface area contributed by atoms with Crippen molar-refractivity contribution in [2.45, 2.75) is 63.7 Å². The first kappa shape index (κ1) is 17.1. The van der Waals surface area contributed by atoms with E-state index < -0.39 is 0 Å². The lowest BCUT2D eigenvalue weighted by Gasteiger charge is -2.17. The van der Waals surface area contributed by atoms with Gasteiger partial charge < -0.3 is 10.7 Å². The number of thiophene rings is 1. The molecule has 25 heavy (non-hydrogen) atoms. The van der Waals surface area contributed by atoms with Crippen LogP contribution in [0.2, 0.25) is 0 Å². The van der Waals surface area contributed by atoms with E-state index in [-0.39, 0.29) is 5.56 Å². The predicted molar refractivity (Wildman–Crippen MR) is 107 cm³/mol. The van der Waals surface area contributed by atoms with Crippen LogP contribution in [0.1, 0.15) is 55.3 Å². The van der Waals surface area contributed by atoms with E-state index in [0.717, 1.165) is 42.3 Å². The number of hydrogen-bond acceptors (Lipinski definition) is 5. The second-order valence-corrected chi connectivity index (χ2v) is 9.32. The number of aromatic nitrogens is 2. The standard InChI is InChI=1S/C18H24N4OS2/c1-10-6-7-12-13(8-10)25-17-15(12)16(23)21-14(22-17)9-24-18(19)20-11-4-2-3-5-11/h10-11H,2-9H2,1H3,(H2,19,20)(H,21,22,23)/t10-/m0/s1. The highest BCUT2D eigenvalue weighted by Gasteiger charge is 2.23. The highest BCUT2D eigenvalue weighted by Crippen LogP contribution is 2.35. The maximum Gasteiger partial charge on any atom is 0.259 e. The molecule has 7 heteroatoms. The Hall–Kier alpha value is -1.34. The second-order valence-electron chi connectivity index (χ2n) is 7.24. The zero-order chi connectivity index (χ0) is 17.4. The quantitative estimate of drug-likeness (QED) is 0.633. The number of fused-ring (bicyclic) bond motifs is 3. The Kier molecular flexibility index (Phi) is 4.86. The summed E-state index contributed by atoms with van der Waals surface area (Å²) in [5.74, 6) is 1.95. The Morgan fingerprint density at radius 2 is 2.20 bits per heavy atom. The topological polar surface area (TPSA) is 84.1 Å². The first-order valence-corrected chi connectivity index (χ1v) is 10.9. The van der Waals surface area contributed by atoms with Crippen molar-refractivity contribution < 1.29 is 0 Å². The molecule has 1 fully saturated rings. The number of amidine groups is 1. The molecule has 0 unspecified atom stereocenters. The molecule has 0 amide bonds. The average Bonchev–Trinajstić information content (AvgIpc) is 3.19. The van der Waals surface area contributed by atoms with Crippen LogP contribution < -0.4 is 11.3 Å². The lowest BCUT2D eigenvalue weighted by atomic mass is 9.89. The van der Waals surface area contributed by atoms with Crippen LogP contribution in [0.4, 0.5) is 0 Å². The molecule has 2 aromatic heterocycles. The van der Waals surface area contributed by atoms with Gasteiger partial charge in [0.2, 0.25) is 0 Å². The number of nitrogens with one attached hydrogen (secondary N) is 1. The average molecular weight is 377 g/mol. The monoisotopic (exact) mass is 376 g/mol. The number of H-pyrrole nitrogens is 1. The van der Waals surface area contributed by atoms with Crippen molar-refractivity contribution in [1.82, 2.24) is 9.97 Å². The van der Waals surface area contributed by atoms with Crippen LogP contribution in [0, 0.1) is 5.92 Å². The third-order valence-electron chi connectivity index (χ3n) is 5.21. The number of aryl methyl sites for hydroxylation is 1. The number of aromatic amines is 1. The van der Waals surface area contributed by atoms with Crippen molar-refractivity contribution in [3.05, 3.63) is 26.6 Å². The Labute approximate surface area is 155 Å². The van der Waals surface area contributed by atoms with Gasteiger partial charge >= 0.3 is 0 Å². The van der Waals surface area contributed by atoms with Gasteiger partial charge in [-0.25, -0.2) is 4.98 Å². The van der Waals surface area contributed by atoms with Gasteiger partial charge in [-0.15, -0.1) is 11.3 Å². The van der Waals surface area contributed by atoms with E-state index in [1.54, 1.807) is 11.3 Å². The molecular formula is C18H24N4OS2. The van der Waals surface area contributed by atoms with Gasteiger partial charge in [0.1, 0.15) is 10.7 Å². The Morgan fingerprint density at radius 3 is 3.00 bits per heavy atom. The number of nitrogens with zero attached hydrogens (tertiary/aromatic N) is 2.